The third-order valence-corrected chi connectivity index (χ3v) is 4.17. The monoisotopic (exact) mass is 362 g/mol. The molecule has 2 aromatic carbocycles. The number of imidazole rings is 1. The van der Waals surface area contributed by atoms with Gasteiger partial charge in [-0.25, -0.2) is 9.78 Å². The Balaban J connectivity index is 1.66. The van der Waals surface area contributed by atoms with E-state index in [4.69, 9.17) is 16.9 Å². The van der Waals surface area contributed by atoms with Crippen molar-refractivity contribution in [1.29, 1.82) is 0 Å². The summed E-state index contributed by atoms with van der Waals surface area (Å²) in [4.78, 5) is 15.4. The summed E-state index contributed by atoms with van der Waals surface area (Å²) in [6.45, 7) is 0.672. The Kier molecular flexibility index (Phi) is 5.95. The van der Waals surface area contributed by atoms with Crippen molar-refractivity contribution >= 4 is 22.8 Å². The molecule has 0 saturated heterocycles. The first-order valence-electron chi connectivity index (χ1n) is 8.87. The molecule has 0 fully saturated rings. The van der Waals surface area contributed by atoms with Gasteiger partial charge < -0.3 is 15.8 Å². The number of anilines is 1. The number of primary amides is 1. The van der Waals surface area contributed by atoms with Crippen molar-refractivity contribution in [3.63, 3.8) is 0 Å². The number of nitrogens with one attached hydrogen (secondary N) is 1. The number of aromatic nitrogens is 2. The largest absolute Gasteiger partial charge is 0.494 e. The molecule has 6 heteroatoms. The molecule has 0 saturated carbocycles. The summed E-state index contributed by atoms with van der Waals surface area (Å²) in [6, 6.07) is 12.7. The number of urea groups is 1. The number of amides is 2. The second-order valence-electron chi connectivity index (χ2n) is 6.16. The van der Waals surface area contributed by atoms with Gasteiger partial charge >= 0.3 is 6.03 Å². The van der Waals surface area contributed by atoms with E-state index < -0.39 is 6.03 Å². The number of nitrogens with two attached hydrogens (primary N) is 1. The topological polar surface area (TPSA) is 82.2 Å². The fraction of sp³-hybridized carbons (Fsp3) is 0.238. The first kappa shape index (κ1) is 18.3. The van der Waals surface area contributed by atoms with Crippen LogP contribution in [0.5, 0.6) is 5.75 Å². The lowest BCUT2D eigenvalue weighted by Gasteiger charge is -2.08. The lowest BCUT2D eigenvalue weighted by atomic mass is 10.2. The highest BCUT2D eigenvalue weighted by atomic mass is 16.5. The van der Waals surface area contributed by atoms with E-state index in [1.165, 1.54) is 0 Å². The zero-order chi connectivity index (χ0) is 19.1. The molecule has 3 rings (SSSR count). The van der Waals surface area contributed by atoms with Crippen molar-refractivity contribution in [3.8, 4) is 23.8 Å². The Morgan fingerprint density at radius 1 is 1.19 bits per heavy atom. The molecule has 3 aromatic rings. The Bertz CT molecular complexity index is 954. The summed E-state index contributed by atoms with van der Waals surface area (Å²) < 4.78 is 7.79. The molecular formula is C21H22N4O2. The van der Waals surface area contributed by atoms with E-state index in [1.807, 2.05) is 34.9 Å². The van der Waals surface area contributed by atoms with Crippen LogP contribution in [-0.2, 0) is 0 Å². The van der Waals surface area contributed by atoms with Gasteiger partial charge in [-0.1, -0.05) is 0 Å². The highest BCUT2D eigenvalue weighted by Crippen LogP contribution is 2.24. The summed E-state index contributed by atoms with van der Waals surface area (Å²) in [7, 11) is 0. The van der Waals surface area contributed by atoms with Gasteiger partial charge in [0.05, 0.1) is 17.6 Å². The lowest BCUT2D eigenvalue weighted by molar-refractivity contribution is 0.259. The van der Waals surface area contributed by atoms with Crippen LogP contribution in [0, 0.1) is 12.3 Å². The lowest BCUT2D eigenvalue weighted by Crippen LogP contribution is -2.19. The van der Waals surface area contributed by atoms with Crippen molar-refractivity contribution in [2.45, 2.75) is 25.7 Å². The summed E-state index contributed by atoms with van der Waals surface area (Å²) in [5.74, 6) is 3.46. The average Bonchev–Trinajstić information content (AvgIpc) is 3.08. The van der Waals surface area contributed by atoms with Crippen molar-refractivity contribution in [1.82, 2.24) is 9.55 Å². The Hall–Kier alpha value is -3.46. The maximum Gasteiger partial charge on any atom is 0.316 e. The van der Waals surface area contributed by atoms with E-state index in [1.54, 1.807) is 18.5 Å². The van der Waals surface area contributed by atoms with Crippen LogP contribution < -0.4 is 15.8 Å². The number of hydrogen-bond acceptors (Lipinski definition) is 3. The average molecular weight is 362 g/mol. The first-order chi connectivity index (χ1) is 13.2. The van der Waals surface area contributed by atoms with Crippen LogP contribution in [0.4, 0.5) is 10.5 Å². The summed E-state index contributed by atoms with van der Waals surface area (Å²) in [5, 5.41) is 2.55. The molecule has 3 N–H and O–H groups in total. The van der Waals surface area contributed by atoms with E-state index in [9.17, 15) is 4.79 Å². The predicted octanol–water partition coefficient (Wildman–Crippen LogP) is 4.09. The molecule has 1 aromatic heterocycles. The second kappa shape index (κ2) is 8.77. The Labute approximate surface area is 158 Å². The minimum atomic E-state index is -0.584. The van der Waals surface area contributed by atoms with Crippen LogP contribution >= 0.6 is 0 Å². The highest BCUT2D eigenvalue weighted by Gasteiger charge is 2.07. The predicted molar refractivity (Wildman–Crippen MR) is 107 cm³/mol. The summed E-state index contributed by atoms with van der Waals surface area (Å²) in [5.41, 5.74) is 8.55. The van der Waals surface area contributed by atoms with Crippen LogP contribution in [0.2, 0.25) is 0 Å². The molecule has 27 heavy (non-hydrogen) atoms. The number of hydrogen-bond donors (Lipinski definition) is 2. The molecule has 0 aliphatic rings. The number of carbonyl (C=O) groups is 1. The van der Waals surface area contributed by atoms with Gasteiger partial charge in [0.15, 0.2) is 0 Å². The Morgan fingerprint density at radius 3 is 2.74 bits per heavy atom. The van der Waals surface area contributed by atoms with Crippen molar-refractivity contribution in [2.24, 2.45) is 5.73 Å². The summed E-state index contributed by atoms with van der Waals surface area (Å²) >= 11 is 0. The molecule has 6 nitrogen and oxygen atoms in total. The molecule has 0 spiro atoms. The van der Waals surface area contributed by atoms with E-state index in [2.05, 4.69) is 16.2 Å². The quantitative estimate of drug-likeness (QED) is 0.468. The molecule has 138 valence electrons. The maximum atomic E-state index is 10.9. The molecule has 0 radical (unpaired) electrons. The molecule has 0 unspecified atom stereocenters. The minimum absolute atomic E-state index is 0.584. The number of fused-ring (bicyclic) bond motifs is 1. The van der Waals surface area contributed by atoms with Crippen LogP contribution in [0.3, 0.4) is 0 Å². The first-order valence-corrected chi connectivity index (χ1v) is 8.87. The van der Waals surface area contributed by atoms with Gasteiger partial charge in [0, 0.05) is 23.9 Å². The van der Waals surface area contributed by atoms with Crippen LogP contribution in [0.15, 0.2) is 48.8 Å². The number of unbranched alkanes of at least 4 members (excludes halogenated alkanes) is 3. The number of terminal acetylenes is 1. The van der Waals surface area contributed by atoms with Crippen LogP contribution in [-0.4, -0.2) is 22.2 Å². The number of rotatable bonds is 8. The van der Waals surface area contributed by atoms with Crippen molar-refractivity contribution in [2.75, 3.05) is 11.9 Å². The molecular weight excluding hydrogens is 340 g/mol. The number of ether oxygens (including phenoxy) is 1. The number of carbonyl (C=O) groups excluding carboxylic acids is 1. The third-order valence-electron chi connectivity index (χ3n) is 4.17. The zero-order valence-corrected chi connectivity index (χ0v) is 15.0. The normalized spacial score (nSPS) is 10.5. The fourth-order valence-corrected chi connectivity index (χ4v) is 2.83. The van der Waals surface area contributed by atoms with Crippen molar-refractivity contribution < 1.29 is 9.53 Å². The molecule has 0 bridgehead atoms. The minimum Gasteiger partial charge on any atom is -0.494 e. The van der Waals surface area contributed by atoms with E-state index in [0.29, 0.717) is 12.3 Å². The van der Waals surface area contributed by atoms with E-state index in [-0.39, 0.29) is 0 Å². The van der Waals surface area contributed by atoms with E-state index in [0.717, 1.165) is 48.2 Å². The van der Waals surface area contributed by atoms with Gasteiger partial charge in [-0.15, -0.1) is 12.3 Å². The molecule has 0 atom stereocenters. The molecule has 0 aliphatic heterocycles. The highest BCUT2D eigenvalue weighted by molar-refractivity contribution is 5.88. The van der Waals surface area contributed by atoms with Gasteiger partial charge in [0.1, 0.15) is 12.1 Å². The van der Waals surface area contributed by atoms with Gasteiger partial charge in [-0.2, -0.15) is 0 Å². The number of nitrogens with zero attached hydrogens (tertiary/aromatic N) is 2. The molecule has 0 aliphatic carbocycles. The standard InChI is InChI=1S/C21H22N4O2/c1-2-3-4-5-6-13-27-18-11-12-20-19(14-18)23-15-25(20)17-9-7-16(8-10-17)24-21(22)26/h1,7-12,14-15H,3-6,13H2,(H3,22,24,26). The number of benzene rings is 2. The van der Waals surface area contributed by atoms with Gasteiger partial charge in [0.25, 0.3) is 0 Å². The third kappa shape index (κ3) is 4.79. The van der Waals surface area contributed by atoms with E-state index >= 15 is 0 Å². The molecule has 2 amide bonds. The van der Waals surface area contributed by atoms with Crippen molar-refractivity contribution in [3.05, 3.63) is 48.8 Å². The van der Waals surface area contributed by atoms with Crippen LogP contribution in [0.25, 0.3) is 16.7 Å². The smallest absolute Gasteiger partial charge is 0.316 e. The van der Waals surface area contributed by atoms with Gasteiger partial charge in [-0.3, -0.25) is 4.57 Å². The molecule has 1 heterocycles. The fourth-order valence-electron chi connectivity index (χ4n) is 2.83. The van der Waals surface area contributed by atoms with Gasteiger partial charge in [0.2, 0.25) is 0 Å². The Morgan fingerprint density at radius 2 is 2.00 bits per heavy atom. The van der Waals surface area contributed by atoms with Crippen LogP contribution in [0.1, 0.15) is 25.7 Å². The zero-order valence-electron chi connectivity index (χ0n) is 15.0. The maximum absolute atomic E-state index is 10.9. The summed E-state index contributed by atoms with van der Waals surface area (Å²) in [6.07, 6.45) is 10.9. The SMILES string of the molecule is C#CCCCCCOc1ccc2c(c1)ncn2-c1ccc(NC(N)=O)cc1. The van der Waals surface area contributed by atoms with Gasteiger partial charge in [-0.05, 0) is 55.7 Å². The second-order valence-corrected chi connectivity index (χ2v) is 6.16.